The lowest BCUT2D eigenvalue weighted by atomic mass is 9.85. The standard InChI is InChI=1S/C15H21NO2/c1-18-13-6-4-11(5-7-13)14-10-16-8-2-3-12(16)9-15(14)17/h4-7,12,14-15,17H,2-3,8-10H2,1H3. The van der Waals surface area contributed by atoms with Crippen LogP contribution in [0.15, 0.2) is 24.3 Å². The molecule has 0 bridgehead atoms. The Hall–Kier alpha value is -1.06. The number of aliphatic hydroxyl groups excluding tert-OH is 1. The maximum atomic E-state index is 10.3. The van der Waals surface area contributed by atoms with Gasteiger partial charge in [0.25, 0.3) is 0 Å². The molecule has 0 spiro atoms. The topological polar surface area (TPSA) is 32.7 Å². The van der Waals surface area contributed by atoms with Gasteiger partial charge < -0.3 is 9.84 Å². The van der Waals surface area contributed by atoms with Crippen LogP contribution < -0.4 is 4.74 Å². The molecule has 2 saturated heterocycles. The molecule has 2 heterocycles. The van der Waals surface area contributed by atoms with Crippen molar-refractivity contribution in [1.29, 1.82) is 0 Å². The number of rotatable bonds is 2. The summed E-state index contributed by atoms with van der Waals surface area (Å²) in [5.74, 6) is 1.13. The summed E-state index contributed by atoms with van der Waals surface area (Å²) in [5, 5.41) is 10.3. The summed E-state index contributed by atoms with van der Waals surface area (Å²) in [5.41, 5.74) is 1.23. The molecule has 0 aliphatic carbocycles. The van der Waals surface area contributed by atoms with Crippen molar-refractivity contribution in [3.05, 3.63) is 29.8 Å². The minimum absolute atomic E-state index is 0.197. The number of piperidine rings is 1. The van der Waals surface area contributed by atoms with Crippen molar-refractivity contribution >= 4 is 0 Å². The number of nitrogens with zero attached hydrogens (tertiary/aromatic N) is 1. The molecular weight excluding hydrogens is 226 g/mol. The predicted molar refractivity (Wildman–Crippen MR) is 71.0 cm³/mol. The Kier molecular flexibility index (Phi) is 3.27. The van der Waals surface area contributed by atoms with E-state index in [2.05, 4.69) is 17.0 Å². The van der Waals surface area contributed by atoms with Crippen molar-refractivity contribution in [2.45, 2.75) is 37.3 Å². The molecule has 3 atom stereocenters. The maximum absolute atomic E-state index is 10.3. The summed E-state index contributed by atoms with van der Waals surface area (Å²) >= 11 is 0. The molecule has 0 radical (unpaired) electrons. The average Bonchev–Trinajstić information content (AvgIpc) is 2.85. The first-order valence-corrected chi connectivity index (χ1v) is 6.84. The van der Waals surface area contributed by atoms with E-state index < -0.39 is 0 Å². The molecular formula is C15H21NO2. The quantitative estimate of drug-likeness (QED) is 0.867. The summed E-state index contributed by atoms with van der Waals surface area (Å²) in [6.07, 6.45) is 3.27. The molecule has 1 aromatic carbocycles. The fraction of sp³-hybridized carbons (Fsp3) is 0.600. The number of benzene rings is 1. The minimum Gasteiger partial charge on any atom is -0.497 e. The monoisotopic (exact) mass is 247 g/mol. The van der Waals surface area contributed by atoms with Crippen LogP contribution in [0.25, 0.3) is 0 Å². The lowest BCUT2D eigenvalue weighted by Gasteiger charge is -2.38. The van der Waals surface area contributed by atoms with Gasteiger partial charge in [0.2, 0.25) is 0 Å². The highest BCUT2D eigenvalue weighted by atomic mass is 16.5. The number of methoxy groups -OCH3 is 1. The highest BCUT2D eigenvalue weighted by Crippen LogP contribution is 2.35. The van der Waals surface area contributed by atoms with Gasteiger partial charge in [-0.2, -0.15) is 0 Å². The van der Waals surface area contributed by atoms with Crippen LogP contribution in [0, 0.1) is 0 Å². The van der Waals surface area contributed by atoms with Gasteiger partial charge in [-0.1, -0.05) is 12.1 Å². The van der Waals surface area contributed by atoms with E-state index in [0.717, 1.165) is 18.7 Å². The number of aliphatic hydroxyl groups is 1. The molecule has 2 aliphatic heterocycles. The van der Waals surface area contributed by atoms with Crippen molar-refractivity contribution in [2.24, 2.45) is 0 Å². The van der Waals surface area contributed by atoms with Crippen LogP contribution >= 0.6 is 0 Å². The number of hydrogen-bond donors (Lipinski definition) is 1. The molecule has 3 heteroatoms. The summed E-state index contributed by atoms with van der Waals surface area (Å²) in [6.45, 7) is 2.20. The first-order valence-electron chi connectivity index (χ1n) is 6.84. The van der Waals surface area contributed by atoms with Crippen molar-refractivity contribution in [1.82, 2.24) is 4.90 Å². The van der Waals surface area contributed by atoms with E-state index in [1.54, 1.807) is 7.11 Å². The highest BCUT2D eigenvalue weighted by Gasteiger charge is 2.37. The molecule has 0 saturated carbocycles. The molecule has 98 valence electrons. The number of fused-ring (bicyclic) bond motifs is 1. The van der Waals surface area contributed by atoms with Crippen LogP contribution in [0.4, 0.5) is 0 Å². The zero-order valence-corrected chi connectivity index (χ0v) is 10.9. The van der Waals surface area contributed by atoms with Gasteiger partial charge in [-0.15, -0.1) is 0 Å². The van der Waals surface area contributed by atoms with Gasteiger partial charge in [0, 0.05) is 18.5 Å². The lowest BCUT2D eigenvalue weighted by molar-refractivity contribution is 0.0408. The van der Waals surface area contributed by atoms with E-state index in [1.165, 1.54) is 24.9 Å². The summed E-state index contributed by atoms with van der Waals surface area (Å²) in [7, 11) is 1.68. The Balaban J connectivity index is 1.77. The molecule has 3 nitrogen and oxygen atoms in total. The average molecular weight is 247 g/mol. The fourth-order valence-corrected chi connectivity index (χ4v) is 3.40. The van der Waals surface area contributed by atoms with E-state index in [1.807, 2.05) is 12.1 Å². The van der Waals surface area contributed by atoms with Gasteiger partial charge in [0.1, 0.15) is 5.75 Å². The van der Waals surface area contributed by atoms with Crippen molar-refractivity contribution in [3.8, 4) is 5.75 Å². The second-order valence-electron chi connectivity index (χ2n) is 5.47. The first kappa shape index (κ1) is 12.0. The van der Waals surface area contributed by atoms with Gasteiger partial charge >= 0.3 is 0 Å². The van der Waals surface area contributed by atoms with E-state index in [4.69, 9.17) is 4.74 Å². The molecule has 0 aromatic heterocycles. The first-order chi connectivity index (χ1) is 8.78. The Labute approximate surface area is 108 Å². The predicted octanol–water partition coefficient (Wildman–Crippen LogP) is 2.01. The highest BCUT2D eigenvalue weighted by molar-refractivity contribution is 5.30. The van der Waals surface area contributed by atoms with Crippen LogP contribution in [-0.4, -0.2) is 42.4 Å². The van der Waals surface area contributed by atoms with E-state index in [-0.39, 0.29) is 12.0 Å². The molecule has 2 fully saturated rings. The van der Waals surface area contributed by atoms with Crippen molar-refractivity contribution in [2.75, 3.05) is 20.2 Å². The second kappa shape index (κ2) is 4.90. The third-order valence-corrected chi connectivity index (χ3v) is 4.45. The second-order valence-corrected chi connectivity index (χ2v) is 5.47. The van der Waals surface area contributed by atoms with Gasteiger partial charge in [0.05, 0.1) is 13.2 Å². The number of hydrogen-bond acceptors (Lipinski definition) is 3. The van der Waals surface area contributed by atoms with Crippen molar-refractivity contribution in [3.63, 3.8) is 0 Å². The third kappa shape index (κ3) is 2.13. The van der Waals surface area contributed by atoms with E-state index >= 15 is 0 Å². The Morgan fingerprint density at radius 1 is 1.28 bits per heavy atom. The molecule has 1 aromatic rings. The lowest BCUT2D eigenvalue weighted by Crippen LogP contribution is -2.45. The fourth-order valence-electron chi connectivity index (χ4n) is 3.40. The zero-order valence-electron chi connectivity index (χ0n) is 10.9. The molecule has 1 N–H and O–H groups in total. The third-order valence-electron chi connectivity index (χ3n) is 4.45. The van der Waals surface area contributed by atoms with E-state index in [0.29, 0.717) is 6.04 Å². The van der Waals surface area contributed by atoms with Crippen LogP contribution in [0.3, 0.4) is 0 Å². The van der Waals surface area contributed by atoms with Gasteiger partial charge in [-0.3, -0.25) is 4.90 Å². The Bertz CT molecular complexity index is 403. The van der Waals surface area contributed by atoms with Gasteiger partial charge in [0.15, 0.2) is 0 Å². The maximum Gasteiger partial charge on any atom is 0.118 e. The number of ether oxygens (including phenoxy) is 1. The molecule has 18 heavy (non-hydrogen) atoms. The summed E-state index contributed by atoms with van der Waals surface area (Å²) in [6, 6.07) is 8.76. The normalized spacial score (nSPS) is 32.2. The van der Waals surface area contributed by atoms with Crippen molar-refractivity contribution < 1.29 is 9.84 Å². The van der Waals surface area contributed by atoms with Crippen LogP contribution in [0.5, 0.6) is 5.75 Å². The van der Waals surface area contributed by atoms with E-state index in [9.17, 15) is 5.11 Å². The van der Waals surface area contributed by atoms with Crippen LogP contribution in [0.2, 0.25) is 0 Å². The molecule has 2 aliphatic rings. The Morgan fingerprint density at radius 2 is 2.06 bits per heavy atom. The largest absolute Gasteiger partial charge is 0.497 e. The van der Waals surface area contributed by atoms with Crippen LogP contribution in [0.1, 0.15) is 30.7 Å². The SMILES string of the molecule is COc1ccc(C2CN3CCCC3CC2O)cc1. The Morgan fingerprint density at radius 3 is 2.78 bits per heavy atom. The molecule has 0 amide bonds. The van der Waals surface area contributed by atoms with Gasteiger partial charge in [-0.25, -0.2) is 0 Å². The summed E-state index contributed by atoms with van der Waals surface area (Å²) < 4.78 is 5.18. The smallest absolute Gasteiger partial charge is 0.118 e. The molecule has 3 unspecified atom stereocenters. The van der Waals surface area contributed by atoms with Gasteiger partial charge in [-0.05, 0) is 43.5 Å². The van der Waals surface area contributed by atoms with Crippen LogP contribution in [-0.2, 0) is 0 Å². The summed E-state index contributed by atoms with van der Waals surface area (Å²) in [4.78, 5) is 2.54. The molecule has 3 rings (SSSR count). The minimum atomic E-state index is -0.197. The zero-order chi connectivity index (χ0) is 12.5.